The molecule has 0 saturated heterocycles. The number of aromatic nitrogens is 4. The third-order valence-corrected chi connectivity index (χ3v) is 5.49. The van der Waals surface area contributed by atoms with E-state index in [9.17, 15) is 4.79 Å². The van der Waals surface area contributed by atoms with Gasteiger partial charge in [-0.05, 0) is 31.4 Å². The molecule has 3 aromatic rings. The summed E-state index contributed by atoms with van der Waals surface area (Å²) in [6.07, 6.45) is 3.01. The average Bonchev–Trinajstić information content (AvgIpc) is 3.33. The van der Waals surface area contributed by atoms with Crippen LogP contribution in [-0.2, 0) is 20.0 Å². The van der Waals surface area contributed by atoms with Crippen molar-refractivity contribution >= 4 is 5.91 Å². The van der Waals surface area contributed by atoms with E-state index in [1.54, 1.807) is 0 Å². The second kappa shape index (κ2) is 6.04. The molecule has 2 aliphatic rings. The Hall–Kier alpha value is -2.96. The summed E-state index contributed by atoms with van der Waals surface area (Å²) in [6, 6.07) is 7.71. The second-order valence-electron chi connectivity index (χ2n) is 7.42. The number of nitrogens with zero attached hydrogens (tertiary/aromatic N) is 5. The van der Waals surface area contributed by atoms with Gasteiger partial charge in [-0.1, -0.05) is 23.4 Å². The number of carbonyl (C=O) groups excluding carboxylic acids is 1. The highest BCUT2D eigenvalue weighted by Crippen LogP contribution is 2.39. The first-order chi connectivity index (χ1) is 13.1. The summed E-state index contributed by atoms with van der Waals surface area (Å²) in [5, 5.41) is 8.73. The first kappa shape index (κ1) is 16.2. The van der Waals surface area contributed by atoms with Crippen molar-refractivity contribution in [2.24, 2.45) is 7.05 Å². The maximum Gasteiger partial charge on any atom is 0.278 e. The molecule has 1 saturated carbocycles. The molecule has 2 aromatic heterocycles. The number of rotatable bonds is 3. The molecule has 0 unspecified atom stereocenters. The Morgan fingerprint density at radius 1 is 1.26 bits per heavy atom. The van der Waals surface area contributed by atoms with Gasteiger partial charge in [0.25, 0.3) is 11.8 Å². The van der Waals surface area contributed by atoms with Gasteiger partial charge in [-0.15, -0.1) is 0 Å². The van der Waals surface area contributed by atoms with Crippen LogP contribution in [0.4, 0.5) is 0 Å². The molecule has 0 N–H and O–H groups in total. The third-order valence-electron chi connectivity index (χ3n) is 5.49. The molecule has 0 atom stereocenters. The SMILES string of the molecule is Cc1ccccc1C(=O)N1CCc2c(c(-c3nc(C4CC4)no3)nn2C)C1. The fourth-order valence-electron chi connectivity index (χ4n) is 3.76. The van der Waals surface area contributed by atoms with E-state index >= 15 is 0 Å². The Balaban J connectivity index is 1.47. The summed E-state index contributed by atoms with van der Waals surface area (Å²) in [7, 11) is 1.93. The summed E-state index contributed by atoms with van der Waals surface area (Å²) >= 11 is 0. The van der Waals surface area contributed by atoms with Crippen LogP contribution in [0.2, 0.25) is 0 Å². The van der Waals surface area contributed by atoms with Crippen LogP contribution in [0.25, 0.3) is 11.6 Å². The van der Waals surface area contributed by atoms with E-state index in [2.05, 4.69) is 15.2 Å². The number of amides is 1. The van der Waals surface area contributed by atoms with Crippen molar-refractivity contribution in [2.45, 2.75) is 38.6 Å². The van der Waals surface area contributed by atoms with Gasteiger partial charge in [-0.2, -0.15) is 10.1 Å². The second-order valence-corrected chi connectivity index (χ2v) is 7.42. The van der Waals surface area contributed by atoms with Crippen LogP contribution in [0.3, 0.4) is 0 Å². The van der Waals surface area contributed by atoms with Crippen LogP contribution < -0.4 is 0 Å². The van der Waals surface area contributed by atoms with Crippen LogP contribution in [-0.4, -0.2) is 37.3 Å². The molecule has 0 radical (unpaired) electrons. The van der Waals surface area contributed by atoms with Crippen LogP contribution in [0, 0.1) is 6.92 Å². The molecule has 0 spiro atoms. The lowest BCUT2D eigenvalue weighted by Gasteiger charge is -2.28. The molecule has 1 aromatic carbocycles. The number of carbonyl (C=O) groups is 1. The normalized spacial score (nSPS) is 16.4. The molecular formula is C20H21N5O2. The largest absolute Gasteiger partial charge is 0.334 e. The fraction of sp³-hybridized carbons (Fsp3) is 0.400. The van der Waals surface area contributed by atoms with E-state index in [1.807, 2.05) is 47.8 Å². The topological polar surface area (TPSA) is 77.1 Å². The maximum atomic E-state index is 13.0. The predicted molar refractivity (Wildman–Crippen MR) is 98.1 cm³/mol. The molecule has 1 fully saturated rings. The standard InChI is InChI=1S/C20H21N5O2/c1-12-5-3-4-6-14(12)20(26)25-10-9-16-15(11-25)17(22-24(16)2)19-21-18(23-27-19)13-7-8-13/h3-6,13H,7-11H2,1-2H3. The molecular weight excluding hydrogens is 342 g/mol. The van der Waals surface area contributed by atoms with Crippen molar-refractivity contribution in [2.75, 3.05) is 6.54 Å². The fourth-order valence-corrected chi connectivity index (χ4v) is 3.76. The summed E-state index contributed by atoms with van der Waals surface area (Å²) < 4.78 is 7.37. The molecule has 0 bridgehead atoms. The first-order valence-electron chi connectivity index (χ1n) is 9.35. The van der Waals surface area contributed by atoms with Gasteiger partial charge in [0.15, 0.2) is 11.5 Å². The van der Waals surface area contributed by atoms with Crippen LogP contribution >= 0.6 is 0 Å². The number of hydrogen-bond acceptors (Lipinski definition) is 5. The van der Waals surface area contributed by atoms with Crippen LogP contribution in [0.5, 0.6) is 0 Å². The third kappa shape index (κ3) is 2.74. The summed E-state index contributed by atoms with van der Waals surface area (Å²) in [6.45, 7) is 3.15. The molecule has 1 amide bonds. The lowest BCUT2D eigenvalue weighted by atomic mass is 10.0. The highest BCUT2D eigenvalue weighted by atomic mass is 16.5. The Labute approximate surface area is 157 Å². The highest BCUT2D eigenvalue weighted by molar-refractivity contribution is 5.95. The predicted octanol–water partition coefficient (Wildman–Crippen LogP) is 2.85. The van der Waals surface area contributed by atoms with Gasteiger partial charge in [-0.3, -0.25) is 9.48 Å². The van der Waals surface area contributed by atoms with E-state index in [4.69, 9.17) is 4.52 Å². The zero-order chi connectivity index (χ0) is 18.5. The minimum Gasteiger partial charge on any atom is -0.334 e. The van der Waals surface area contributed by atoms with Crippen molar-refractivity contribution in [3.8, 4) is 11.6 Å². The van der Waals surface area contributed by atoms with E-state index in [0.29, 0.717) is 30.6 Å². The maximum absolute atomic E-state index is 13.0. The molecule has 3 heterocycles. The number of fused-ring (bicyclic) bond motifs is 1. The van der Waals surface area contributed by atoms with Crippen molar-refractivity contribution in [1.82, 2.24) is 24.8 Å². The van der Waals surface area contributed by atoms with Gasteiger partial charge >= 0.3 is 0 Å². The first-order valence-corrected chi connectivity index (χ1v) is 9.35. The Morgan fingerprint density at radius 3 is 2.85 bits per heavy atom. The molecule has 27 heavy (non-hydrogen) atoms. The van der Waals surface area contributed by atoms with Crippen molar-refractivity contribution in [1.29, 1.82) is 0 Å². The van der Waals surface area contributed by atoms with Crippen molar-refractivity contribution in [3.05, 3.63) is 52.5 Å². The van der Waals surface area contributed by atoms with Gasteiger partial charge in [0.1, 0.15) is 0 Å². The summed E-state index contributed by atoms with van der Waals surface area (Å²) in [5.41, 5.74) is 4.58. The van der Waals surface area contributed by atoms with Gasteiger partial charge in [0, 0.05) is 42.8 Å². The van der Waals surface area contributed by atoms with Crippen molar-refractivity contribution in [3.63, 3.8) is 0 Å². The van der Waals surface area contributed by atoms with Gasteiger partial charge in [0.2, 0.25) is 0 Å². The van der Waals surface area contributed by atoms with Crippen LogP contribution in [0.15, 0.2) is 28.8 Å². The van der Waals surface area contributed by atoms with E-state index in [-0.39, 0.29) is 5.91 Å². The monoisotopic (exact) mass is 363 g/mol. The highest BCUT2D eigenvalue weighted by Gasteiger charge is 2.33. The minimum absolute atomic E-state index is 0.0535. The van der Waals surface area contributed by atoms with E-state index in [1.165, 1.54) is 0 Å². The number of hydrogen-bond donors (Lipinski definition) is 0. The average molecular weight is 363 g/mol. The smallest absolute Gasteiger partial charge is 0.278 e. The van der Waals surface area contributed by atoms with Crippen molar-refractivity contribution < 1.29 is 9.32 Å². The zero-order valence-electron chi connectivity index (χ0n) is 15.5. The minimum atomic E-state index is 0.0535. The van der Waals surface area contributed by atoms with Gasteiger partial charge in [0.05, 0.1) is 6.54 Å². The lowest BCUT2D eigenvalue weighted by molar-refractivity contribution is 0.0733. The van der Waals surface area contributed by atoms with Gasteiger partial charge in [-0.25, -0.2) is 0 Å². The zero-order valence-corrected chi connectivity index (χ0v) is 15.5. The molecule has 5 rings (SSSR count). The lowest BCUT2D eigenvalue weighted by Crippen LogP contribution is -2.36. The summed E-state index contributed by atoms with van der Waals surface area (Å²) in [5.74, 6) is 1.71. The Bertz CT molecular complexity index is 1030. The van der Waals surface area contributed by atoms with Crippen LogP contribution in [0.1, 0.15) is 51.8 Å². The molecule has 7 heteroatoms. The number of benzene rings is 1. The van der Waals surface area contributed by atoms with E-state index < -0.39 is 0 Å². The molecule has 1 aliphatic carbocycles. The Kier molecular flexibility index (Phi) is 3.63. The van der Waals surface area contributed by atoms with E-state index in [0.717, 1.165) is 47.5 Å². The molecule has 1 aliphatic heterocycles. The van der Waals surface area contributed by atoms with Gasteiger partial charge < -0.3 is 9.42 Å². The summed E-state index contributed by atoms with van der Waals surface area (Å²) in [4.78, 5) is 19.5. The quantitative estimate of drug-likeness (QED) is 0.715. The number of aryl methyl sites for hydroxylation is 2. The molecule has 138 valence electrons. The molecule has 7 nitrogen and oxygen atoms in total. The Morgan fingerprint density at radius 2 is 2.07 bits per heavy atom.